The van der Waals surface area contributed by atoms with Crippen molar-refractivity contribution in [2.75, 3.05) is 13.7 Å². The maximum absolute atomic E-state index is 12.8. The zero-order valence-corrected chi connectivity index (χ0v) is 14.7. The molecule has 5 nitrogen and oxygen atoms in total. The molecule has 1 aliphatic rings. The number of rotatable bonds is 5. The van der Waals surface area contributed by atoms with Crippen molar-refractivity contribution in [3.05, 3.63) is 59.9 Å². The molecule has 25 heavy (non-hydrogen) atoms. The summed E-state index contributed by atoms with van der Waals surface area (Å²) in [6.07, 6.45) is 5.41. The summed E-state index contributed by atoms with van der Waals surface area (Å²) in [5, 5.41) is 11.2. The molecule has 0 saturated carbocycles. The van der Waals surface area contributed by atoms with Crippen molar-refractivity contribution in [2.45, 2.75) is 37.8 Å². The monoisotopic (exact) mass is 340 g/mol. The van der Waals surface area contributed by atoms with Gasteiger partial charge in [0.1, 0.15) is 11.4 Å². The van der Waals surface area contributed by atoms with Gasteiger partial charge in [0.2, 0.25) is 5.91 Å². The van der Waals surface area contributed by atoms with Crippen LogP contribution in [0.5, 0.6) is 5.75 Å². The van der Waals surface area contributed by atoms with Gasteiger partial charge in [0.15, 0.2) is 0 Å². The Balaban J connectivity index is 1.78. The summed E-state index contributed by atoms with van der Waals surface area (Å²) in [4.78, 5) is 18.7. The van der Waals surface area contributed by atoms with Crippen molar-refractivity contribution < 1.29 is 14.6 Å². The number of carbonyl (C=O) groups is 1. The first-order chi connectivity index (χ1) is 12.0. The van der Waals surface area contributed by atoms with Gasteiger partial charge in [-0.3, -0.25) is 9.78 Å². The Morgan fingerprint density at radius 2 is 2.12 bits per heavy atom. The zero-order chi connectivity index (χ0) is 17.9. The topological polar surface area (TPSA) is 62.7 Å². The molecule has 2 aromatic rings. The average Bonchev–Trinajstić information content (AvgIpc) is 3.13. The van der Waals surface area contributed by atoms with Crippen molar-refractivity contribution in [3.8, 4) is 5.75 Å². The predicted octanol–water partition coefficient (Wildman–Crippen LogP) is 2.53. The molecule has 5 heteroatoms. The number of benzene rings is 1. The highest BCUT2D eigenvalue weighted by molar-refractivity contribution is 5.79. The minimum Gasteiger partial charge on any atom is -0.497 e. The number of nitrogens with zero attached hydrogens (tertiary/aromatic N) is 2. The number of pyridine rings is 1. The molecular weight excluding hydrogens is 316 g/mol. The summed E-state index contributed by atoms with van der Waals surface area (Å²) < 4.78 is 5.18. The molecule has 2 atom stereocenters. The summed E-state index contributed by atoms with van der Waals surface area (Å²) in [5.41, 5.74) is 0.578. The van der Waals surface area contributed by atoms with Gasteiger partial charge in [-0.2, -0.15) is 0 Å². The van der Waals surface area contributed by atoms with E-state index in [1.54, 1.807) is 26.4 Å². The Morgan fingerprint density at radius 1 is 1.36 bits per heavy atom. The van der Waals surface area contributed by atoms with E-state index in [1.165, 1.54) is 0 Å². The molecular formula is C20H24N2O3. The fraction of sp³-hybridized carbons (Fsp3) is 0.400. The smallest absolute Gasteiger partial charge is 0.227 e. The lowest BCUT2D eigenvalue weighted by Crippen LogP contribution is -2.48. The minimum atomic E-state index is -1.10. The molecule has 132 valence electrons. The van der Waals surface area contributed by atoms with Crippen LogP contribution in [0.2, 0.25) is 0 Å². The quantitative estimate of drug-likeness (QED) is 0.908. The Kier molecular flexibility index (Phi) is 5.04. The van der Waals surface area contributed by atoms with Crippen molar-refractivity contribution in [3.63, 3.8) is 0 Å². The van der Waals surface area contributed by atoms with Crippen molar-refractivity contribution in [1.82, 2.24) is 9.88 Å². The summed E-state index contributed by atoms with van der Waals surface area (Å²) in [5.74, 6) is 0.778. The Morgan fingerprint density at radius 3 is 2.76 bits per heavy atom. The maximum atomic E-state index is 12.8. The zero-order valence-electron chi connectivity index (χ0n) is 14.7. The summed E-state index contributed by atoms with van der Waals surface area (Å²) in [6.45, 7) is 2.46. The van der Waals surface area contributed by atoms with Gasteiger partial charge in [0.25, 0.3) is 0 Å². The molecule has 3 rings (SSSR count). The highest BCUT2D eigenvalue weighted by atomic mass is 16.5. The Bertz CT molecular complexity index is 713. The van der Waals surface area contributed by atoms with Crippen LogP contribution in [0.25, 0.3) is 0 Å². The van der Waals surface area contributed by atoms with Gasteiger partial charge in [0, 0.05) is 18.9 Å². The highest BCUT2D eigenvalue weighted by Gasteiger charge is 2.42. The number of hydrogen-bond donors (Lipinski definition) is 1. The average molecular weight is 340 g/mol. The number of aliphatic hydroxyl groups is 1. The Labute approximate surface area is 148 Å². The molecule has 0 spiro atoms. The maximum Gasteiger partial charge on any atom is 0.227 e. The van der Waals surface area contributed by atoms with Crippen LogP contribution in [0.4, 0.5) is 0 Å². The van der Waals surface area contributed by atoms with E-state index in [0.29, 0.717) is 13.0 Å². The first kappa shape index (κ1) is 17.4. The normalized spacial score (nSPS) is 19.5. The number of hydrogen-bond acceptors (Lipinski definition) is 4. The van der Waals surface area contributed by atoms with Crippen LogP contribution in [0.1, 0.15) is 30.9 Å². The van der Waals surface area contributed by atoms with E-state index in [2.05, 4.69) is 4.98 Å². The first-order valence-corrected chi connectivity index (χ1v) is 8.57. The largest absolute Gasteiger partial charge is 0.497 e. The second-order valence-electron chi connectivity index (χ2n) is 6.66. The van der Waals surface area contributed by atoms with Gasteiger partial charge in [-0.25, -0.2) is 0 Å². The van der Waals surface area contributed by atoms with Crippen LogP contribution in [-0.2, 0) is 16.8 Å². The Hall–Kier alpha value is -2.40. The van der Waals surface area contributed by atoms with E-state index in [4.69, 9.17) is 4.74 Å². The fourth-order valence-electron chi connectivity index (χ4n) is 3.55. The second-order valence-corrected chi connectivity index (χ2v) is 6.66. The lowest BCUT2D eigenvalue weighted by atomic mass is 9.86. The first-order valence-electron chi connectivity index (χ1n) is 8.57. The van der Waals surface area contributed by atoms with Crippen LogP contribution >= 0.6 is 0 Å². The predicted molar refractivity (Wildman–Crippen MR) is 95.2 cm³/mol. The number of amides is 1. The molecule has 1 saturated heterocycles. The number of methoxy groups -OCH3 is 1. The van der Waals surface area contributed by atoms with E-state index in [9.17, 15) is 9.90 Å². The summed E-state index contributed by atoms with van der Waals surface area (Å²) in [6, 6.07) is 10.9. The van der Waals surface area contributed by atoms with E-state index < -0.39 is 5.60 Å². The van der Waals surface area contributed by atoms with E-state index in [0.717, 1.165) is 29.7 Å². The molecule has 0 unspecified atom stereocenters. The van der Waals surface area contributed by atoms with Gasteiger partial charge in [-0.15, -0.1) is 0 Å². The van der Waals surface area contributed by atoms with Gasteiger partial charge in [0.05, 0.1) is 19.6 Å². The fourth-order valence-corrected chi connectivity index (χ4v) is 3.55. The molecule has 1 aliphatic heterocycles. The van der Waals surface area contributed by atoms with Gasteiger partial charge in [-0.05, 0) is 49.1 Å². The summed E-state index contributed by atoms with van der Waals surface area (Å²) >= 11 is 0. The number of carbonyl (C=O) groups excluding carboxylic acids is 1. The molecule has 0 radical (unpaired) electrons. The molecule has 1 fully saturated rings. The van der Waals surface area contributed by atoms with Crippen molar-refractivity contribution >= 4 is 5.91 Å². The van der Waals surface area contributed by atoms with E-state index in [1.807, 2.05) is 41.3 Å². The van der Waals surface area contributed by atoms with Gasteiger partial charge < -0.3 is 14.7 Å². The van der Waals surface area contributed by atoms with Crippen LogP contribution in [0.3, 0.4) is 0 Å². The number of aromatic nitrogens is 1. The van der Waals surface area contributed by atoms with Crippen LogP contribution < -0.4 is 4.74 Å². The second kappa shape index (κ2) is 7.23. The van der Waals surface area contributed by atoms with Gasteiger partial charge in [-0.1, -0.05) is 18.2 Å². The van der Waals surface area contributed by atoms with Gasteiger partial charge >= 0.3 is 0 Å². The highest BCUT2D eigenvalue weighted by Crippen LogP contribution is 2.35. The molecule has 1 N–H and O–H groups in total. The molecule has 1 aromatic carbocycles. The molecule has 1 amide bonds. The third-order valence-corrected chi connectivity index (χ3v) is 4.97. The SMILES string of the molecule is COc1ccc([C@](C)(O)[C@H]2CCCN2C(=O)Cc2cccnc2)cc1. The number of likely N-dealkylation sites (tertiary alicyclic amines) is 1. The molecule has 1 aromatic heterocycles. The van der Waals surface area contributed by atoms with Crippen LogP contribution in [0.15, 0.2) is 48.8 Å². The van der Waals surface area contributed by atoms with Crippen molar-refractivity contribution in [1.29, 1.82) is 0 Å². The third-order valence-electron chi connectivity index (χ3n) is 4.97. The van der Waals surface area contributed by atoms with Crippen molar-refractivity contribution in [2.24, 2.45) is 0 Å². The lowest BCUT2D eigenvalue weighted by Gasteiger charge is -2.37. The minimum absolute atomic E-state index is 0.0317. The van der Waals surface area contributed by atoms with E-state index in [-0.39, 0.29) is 11.9 Å². The summed E-state index contributed by atoms with van der Waals surface area (Å²) in [7, 11) is 1.61. The molecule has 2 heterocycles. The standard InChI is InChI=1S/C20H24N2O3/c1-20(24,16-7-9-17(25-2)10-8-16)18-6-4-12-22(18)19(23)13-15-5-3-11-21-14-15/h3,5,7-11,14,18,24H,4,6,12-13H2,1-2H3/t18-,20+/m1/s1. The number of ether oxygens (including phenoxy) is 1. The third kappa shape index (κ3) is 3.66. The lowest BCUT2D eigenvalue weighted by molar-refractivity contribution is -0.137. The van der Waals surface area contributed by atoms with E-state index >= 15 is 0 Å². The van der Waals surface area contributed by atoms with Crippen LogP contribution in [-0.4, -0.2) is 40.6 Å². The molecule has 0 aliphatic carbocycles. The van der Waals surface area contributed by atoms with Crippen LogP contribution in [0, 0.1) is 0 Å². The molecule has 0 bridgehead atoms.